The van der Waals surface area contributed by atoms with E-state index in [1.54, 1.807) is 11.6 Å². The van der Waals surface area contributed by atoms with E-state index in [1.807, 2.05) is 30.3 Å². The molecule has 1 heterocycles. The first-order chi connectivity index (χ1) is 12.5. The van der Waals surface area contributed by atoms with E-state index in [0.717, 1.165) is 5.56 Å². The largest absolute Gasteiger partial charge is 0.366 e. The van der Waals surface area contributed by atoms with Crippen LogP contribution in [0.4, 0.5) is 5.13 Å². The average Bonchev–Trinajstić information content (AvgIpc) is 3.17. The maximum Gasteiger partial charge on any atom is 0.266 e. The molecule has 0 saturated heterocycles. The minimum atomic E-state index is -3.81. The first-order valence-corrected chi connectivity index (χ1v) is 10.2. The molecule has 0 aliphatic heterocycles. The molecule has 0 spiro atoms. The molecule has 1 amide bonds. The van der Waals surface area contributed by atoms with Gasteiger partial charge < -0.3 is 5.73 Å². The number of hydrogen-bond acceptors (Lipinski definition) is 5. The van der Waals surface area contributed by atoms with Crippen LogP contribution in [0.5, 0.6) is 0 Å². The van der Waals surface area contributed by atoms with Gasteiger partial charge in [-0.05, 0) is 36.2 Å². The maximum atomic E-state index is 13.1. The summed E-state index contributed by atoms with van der Waals surface area (Å²) in [6.45, 7) is 0.261. The molecule has 0 bridgehead atoms. The lowest BCUT2D eigenvalue weighted by molar-refractivity contribution is 0.1000. The summed E-state index contributed by atoms with van der Waals surface area (Å²) in [5.41, 5.74) is 6.51. The van der Waals surface area contributed by atoms with Crippen molar-refractivity contribution in [1.82, 2.24) is 4.98 Å². The molecule has 6 nitrogen and oxygen atoms in total. The number of primary amides is 1. The second-order valence-corrected chi connectivity index (χ2v) is 8.25. The third-order valence-corrected chi connectivity index (χ3v) is 6.52. The van der Waals surface area contributed by atoms with Crippen molar-refractivity contribution >= 4 is 32.4 Å². The van der Waals surface area contributed by atoms with Crippen LogP contribution in [-0.2, 0) is 16.4 Å². The van der Waals surface area contributed by atoms with Crippen LogP contribution in [0.15, 0.2) is 71.1 Å². The number of aromatic nitrogens is 1. The van der Waals surface area contributed by atoms with E-state index < -0.39 is 15.9 Å². The standard InChI is InChI=1S/C18H17N3O3S2/c19-17(22)15-6-8-16(9-7-15)26(23,24)21(18-20-11-13-25-18)12-10-14-4-2-1-3-5-14/h1-9,11,13H,10,12H2,(H2,19,22). The summed E-state index contributed by atoms with van der Waals surface area (Å²) in [6.07, 6.45) is 2.13. The Morgan fingerprint density at radius 1 is 1.08 bits per heavy atom. The van der Waals surface area contributed by atoms with Gasteiger partial charge in [0.1, 0.15) is 0 Å². The van der Waals surface area contributed by atoms with Crippen LogP contribution in [0.3, 0.4) is 0 Å². The lowest BCUT2D eigenvalue weighted by Crippen LogP contribution is -2.33. The molecular weight excluding hydrogens is 370 g/mol. The topological polar surface area (TPSA) is 93.4 Å². The number of hydrogen-bond donors (Lipinski definition) is 1. The molecule has 3 aromatic rings. The van der Waals surface area contributed by atoms with Crippen molar-refractivity contribution in [2.75, 3.05) is 10.8 Å². The van der Waals surface area contributed by atoms with Crippen molar-refractivity contribution in [3.63, 3.8) is 0 Å². The van der Waals surface area contributed by atoms with Crippen LogP contribution in [0.25, 0.3) is 0 Å². The molecule has 0 aliphatic rings. The highest BCUT2D eigenvalue weighted by Crippen LogP contribution is 2.26. The van der Waals surface area contributed by atoms with Crippen LogP contribution in [0, 0.1) is 0 Å². The molecule has 2 N–H and O–H groups in total. The molecule has 3 rings (SSSR count). The molecule has 1 aromatic heterocycles. The zero-order valence-electron chi connectivity index (χ0n) is 13.8. The number of carbonyl (C=O) groups is 1. The van der Waals surface area contributed by atoms with Gasteiger partial charge in [-0.3, -0.25) is 4.79 Å². The lowest BCUT2D eigenvalue weighted by atomic mass is 10.1. The monoisotopic (exact) mass is 387 g/mol. The molecule has 26 heavy (non-hydrogen) atoms. The van der Waals surface area contributed by atoms with Crippen LogP contribution in [0.1, 0.15) is 15.9 Å². The number of amides is 1. The van der Waals surface area contributed by atoms with Crippen molar-refractivity contribution in [3.05, 3.63) is 77.3 Å². The van der Waals surface area contributed by atoms with Gasteiger partial charge in [-0.2, -0.15) is 0 Å². The average molecular weight is 387 g/mol. The molecule has 8 heteroatoms. The summed E-state index contributed by atoms with van der Waals surface area (Å²) >= 11 is 1.26. The molecule has 2 aromatic carbocycles. The fraction of sp³-hybridized carbons (Fsp3) is 0.111. The molecule has 0 fully saturated rings. The highest BCUT2D eigenvalue weighted by atomic mass is 32.2. The quantitative estimate of drug-likeness (QED) is 0.674. The number of anilines is 1. The van der Waals surface area contributed by atoms with E-state index in [1.165, 1.54) is 39.9 Å². The molecule has 0 radical (unpaired) electrons. The second-order valence-electron chi connectivity index (χ2n) is 5.52. The third kappa shape index (κ3) is 3.92. The number of sulfonamides is 1. The molecule has 0 saturated carbocycles. The summed E-state index contributed by atoms with van der Waals surface area (Å²) in [4.78, 5) is 15.4. The van der Waals surface area contributed by atoms with Gasteiger partial charge in [0.25, 0.3) is 10.0 Å². The van der Waals surface area contributed by atoms with E-state index in [4.69, 9.17) is 5.73 Å². The number of nitrogens with two attached hydrogens (primary N) is 1. The number of benzene rings is 2. The zero-order valence-corrected chi connectivity index (χ0v) is 15.4. The molecule has 134 valence electrons. The Hall–Kier alpha value is -2.71. The van der Waals surface area contributed by atoms with Gasteiger partial charge in [-0.1, -0.05) is 30.3 Å². The maximum absolute atomic E-state index is 13.1. The number of rotatable bonds is 7. The molecule has 0 aliphatic carbocycles. The summed E-state index contributed by atoms with van der Waals surface area (Å²) in [5, 5.41) is 2.14. The van der Waals surface area contributed by atoms with Gasteiger partial charge in [0.2, 0.25) is 5.91 Å². The third-order valence-electron chi connectivity index (χ3n) is 3.81. The van der Waals surface area contributed by atoms with E-state index in [2.05, 4.69) is 4.98 Å². The van der Waals surface area contributed by atoms with Gasteiger partial charge in [0.15, 0.2) is 5.13 Å². The normalized spacial score (nSPS) is 11.2. The Labute approximate surface area is 156 Å². The van der Waals surface area contributed by atoms with Crippen molar-refractivity contribution in [3.8, 4) is 0 Å². The Morgan fingerprint density at radius 2 is 1.77 bits per heavy atom. The fourth-order valence-corrected chi connectivity index (χ4v) is 4.77. The molecule has 0 unspecified atom stereocenters. The summed E-state index contributed by atoms with van der Waals surface area (Å²) in [5.74, 6) is -0.602. The fourth-order valence-electron chi connectivity index (χ4n) is 2.45. The zero-order chi connectivity index (χ0) is 18.6. The van der Waals surface area contributed by atoms with Crippen LogP contribution in [-0.4, -0.2) is 25.9 Å². The van der Waals surface area contributed by atoms with E-state index in [0.29, 0.717) is 11.6 Å². The van der Waals surface area contributed by atoms with E-state index in [9.17, 15) is 13.2 Å². The predicted molar refractivity (Wildman–Crippen MR) is 102 cm³/mol. The lowest BCUT2D eigenvalue weighted by Gasteiger charge is -2.22. The van der Waals surface area contributed by atoms with E-state index in [-0.39, 0.29) is 17.0 Å². The minimum absolute atomic E-state index is 0.0887. The van der Waals surface area contributed by atoms with Gasteiger partial charge in [-0.15, -0.1) is 11.3 Å². The summed E-state index contributed by atoms with van der Waals surface area (Å²) in [7, 11) is -3.81. The van der Waals surface area contributed by atoms with Gasteiger partial charge >= 0.3 is 0 Å². The van der Waals surface area contributed by atoms with Crippen molar-refractivity contribution in [2.24, 2.45) is 5.73 Å². The SMILES string of the molecule is NC(=O)c1ccc(S(=O)(=O)N(CCc2ccccc2)c2nccs2)cc1. The first-order valence-electron chi connectivity index (χ1n) is 7.84. The van der Waals surface area contributed by atoms with Crippen LogP contribution < -0.4 is 10.0 Å². The van der Waals surface area contributed by atoms with Gasteiger partial charge in [0, 0.05) is 23.7 Å². The molecule has 0 atom stereocenters. The van der Waals surface area contributed by atoms with Crippen molar-refractivity contribution in [2.45, 2.75) is 11.3 Å². The Kier molecular flexibility index (Phi) is 5.34. The second kappa shape index (κ2) is 7.67. The Morgan fingerprint density at radius 3 is 2.35 bits per heavy atom. The van der Waals surface area contributed by atoms with Crippen molar-refractivity contribution < 1.29 is 13.2 Å². The number of nitrogens with zero attached hydrogens (tertiary/aromatic N) is 2. The predicted octanol–water partition coefficient (Wildman–Crippen LogP) is 2.68. The number of thiazole rings is 1. The first kappa shape index (κ1) is 18.1. The highest BCUT2D eigenvalue weighted by Gasteiger charge is 2.26. The smallest absolute Gasteiger partial charge is 0.266 e. The van der Waals surface area contributed by atoms with Crippen LogP contribution in [0.2, 0.25) is 0 Å². The number of carbonyl (C=O) groups excluding carboxylic acids is 1. The summed E-state index contributed by atoms with van der Waals surface area (Å²) in [6, 6.07) is 15.2. The summed E-state index contributed by atoms with van der Waals surface area (Å²) < 4.78 is 27.5. The van der Waals surface area contributed by atoms with Crippen molar-refractivity contribution in [1.29, 1.82) is 0 Å². The Bertz CT molecular complexity index is 970. The molecular formula is C18H17N3O3S2. The highest BCUT2D eigenvalue weighted by molar-refractivity contribution is 7.93. The van der Waals surface area contributed by atoms with Gasteiger partial charge in [0.05, 0.1) is 4.90 Å². The Balaban J connectivity index is 1.91. The van der Waals surface area contributed by atoms with Gasteiger partial charge in [-0.25, -0.2) is 17.7 Å². The van der Waals surface area contributed by atoms with Crippen LogP contribution >= 0.6 is 11.3 Å². The minimum Gasteiger partial charge on any atom is -0.366 e. The van der Waals surface area contributed by atoms with E-state index >= 15 is 0 Å².